The number of carbonyl (C=O) groups excluding carboxylic acids is 1. The van der Waals surface area contributed by atoms with Gasteiger partial charge < -0.3 is 9.67 Å². The highest BCUT2D eigenvalue weighted by Crippen LogP contribution is 2.27. The molecule has 0 fully saturated rings. The molecule has 2 heterocycles. The molecule has 8 heteroatoms. The van der Waals surface area contributed by atoms with Crippen molar-refractivity contribution in [3.05, 3.63) is 45.2 Å². The second-order valence-corrected chi connectivity index (χ2v) is 7.28. The topological polar surface area (TPSA) is 97.1 Å². The summed E-state index contributed by atoms with van der Waals surface area (Å²) in [4.78, 5) is 25.7. The Hall–Kier alpha value is -2.74. The lowest BCUT2D eigenvalue weighted by molar-refractivity contribution is 0.102. The van der Waals surface area contributed by atoms with Gasteiger partial charge in [0.2, 0.25) is 5.13 Å². The second-order valence-electron chi connectivity index (χ2n) is 6.21. The third-order valence-corrected chi connectivity index (χ3v) is 5.33. The van der Waals surface area contributed by atoms with Gasteiger partial charge in [-0.25, -0.2) is 0 Å². The molecule has 3 rings (SSSR count). The Morgan fingerprint density at radius 2 is 2.00 bits per heavy atom. The number of nitrogens with one attached hydrogen (secondary N) is 1. The first-order chi connectivity index (χ1) is 13.1. The molecule has 0 radical (unpaired) electrons. The van der Waals surface area contributed by atoms with Crippen LogP contribution in [0.4, 0.5) is 5.13 Å². The van der Waals surface area contributed by atoms with Crippen molar-refractivity contribution < 1.29 is 9.90 Å². The maximum absolute atomic E-state index is 13.0. The summed E-state index contributed by atoms with van der Waals surface area (Å²) in [6, 6.07) is 7.06. The number of para-hydroxylation sites is 1. The zero-order valence-corrected chi connectivity index (χ0v) is 16.2. The number of nitrogens with zero attached hydrogens (tertiary/aromatic N) is 3. The van der Waals surface area contributed by atoms with Gasteiger partial charge in [-0.15, -0.1) is 10.2 Å². The molecule has 0 bridgehead atoms. The number of anilines is 1. The number of aryl methyl sites for hydroxylation is 2. The largest absolute Gasteiger partial charge is 0.506 e. The van der Waals surface area contributed by atoms with Gasteiger partial charge in [-0.2, -0.15) is 0 Å². The third-order valence-electron chi connectivity index (χ3n) is 4.35. The predicted octanol–water partition coefficient (Wildman–Crippen LogP) is 3.56. The maximum atomic E-state index is 13.0. The molecule has 0 aliphatic carbocycles. The van der Waals surface area contributed by atoms with Gasteiger partial charge in [0, 0.05) is 11.9 Å². The third kappa shape index (κ3) is 3.85. The van der Waals surface area contributed by atoms with E-state index in [0.717, 1.165) is 24.3 Å². The number of rotatable bonds is 7. The zero-order chi connectivity index (χ0) is 19.4. The molecule has 3 aromatic rings. The molecule has 2 aromatic heterocycles. The van der Waals surface area contributed by atoms with Gasteiger partial charge in [0.25, 0.3) is 11.5 Å². The lowest BCUT2D eigenvalue weighted by Crippen LogP contribution is -2.30. The van der Waals surface area contributed by atoms with Crippen LogP contribution in [-0.2, 0) is 13.0 Å². The standard InChI is InChI=1S/C19H22N4O3S/c1-3-5-8-11-23-13-10-7-6-9-12(13)16(24)15(18(23)26)17(25)20-19-22-21-14(4-2)27-19/h6-7,9-10,24H,3-5,8,11H2,1-2H3,(H,20,22,25). The predicted molar refractivity (Wildman–Crippen MR) is 107 cm³/mol. The molecular formula is C19H22N4O3S. The number of hydrogen-bond acceptors (Lipinski definition) is 6. The van der Waals surface area contributed by atoms with Crippen molar-refractivity contribution in [2.24, 2.45) is 0 Å². The molecule has 1 aromatic carbocycles. The van der Waals surface area contributed by atoms with E-state index in [9.17, 15) is 14.7 Å². The summed E-state index contributed by atoms with van der Waals surface area (Å²) in [5, 5.41) is 22.6. The van der Waals surface area contributed by atoms with E-state index in [-0.39, 0.29) is 11.3 Å². The van der Waals surface area contributed by atoms with Crippen LogP contribution in [0.25, 0.3) is 10.9 Å². The molecule has 142 valence electrons. The summed E-state index contributed by atoms with van der Waals surface area (Å²) in [7, 11) is 0. The number of pyridine rings is 1. The average molecular weight is 386 g/mol. The van der Waals surface area contributed by atoms with E-state index < -0.39 is 11.5 Å². The van der Waals surface area contributed by atoms with Crippen LogP contribution in [0.5, 0.6) is 5.75 Å². The average Bonchev–Trinajstić information content (AvgIpc) is 3.12. The molecule has 7 nitrogen and oxygen atoms in total. The number of aromatic nitrogens is 3. The van der Waals surface area contributed by atoms with Gasteiger partial charge in [-0.05, 0) is 25.0 Å². The van der Waals surface area contributed by atoms with E-state index in [1.165, 1.54) is 11.3 Å². The molecule has 0 aliphatic rings. The van der Waals surface area contributed by atoms with Crippen LogP contribution in [0, 0.1) is 0 Å². The fourth-order valence-corrected chi connectivity index (χ4v) is 3.62. The van der Waals surface area contributed by atoms with Crippen LogP contribution < -0.4 is 10.9 Å². The summed E-state index contributed by atoms with van der Waals surface area (Å²) >= 11 is 1.25. The monoisotopic (exact) mass is 386 g/mol. The Morgan fingerprint density at radius 1 is 1.22 bits per heavy atom. The summed E-state index contributed by atoms with van der Waals surface area (Å²) in [6.45, 7) is 4.52. The fourth-order valence-electron chi connectivity index (χ4n) is 2.94. The first-order valence-electron chi connectivity index (χ1n) is 9.05. The highest BCUT2D eigenvalue weighted by atomic mass is 32.1. The van der Waals surface area contributed by atoms with E-state index in [4.69, 9.17) is 0 Å². The summed E-state index contributed by atoms with van der Waals surface area (Å²) in [5.74, 6) is -0.980. The van der Waals surface area contributed by atoms with Crippen LogP contribution in [-0.4, -0.2) is 25.8 Å². The molecule has 0 atom stereocenters. The molecule has 0 spiro atoms. The van der Waals surface area contributed by atoms with Crippen LogP contribution in [0.3, 0.4) is 0 Å². The Morgan fingerprint density at radius 3 is 2.70 bits per heavy atom. The Balaban J connectivity index is 2.05. The zero-order valence-electron chi connectivity index (χ0n) is 15.4. The van der Waals surface area contributed by atoms with E-state index >= 15 is 0 Å². The van der Waals surface area contributed by atoms with Gasteiger partial charge >= 0.3 is 0 Å². The van der Waals surface area contributed by atoms with Crippen molar-refractivity contribution in [2.45, 2.75) is 46.1 Å². The SMILES string of the molecule is CCCCCn1c(=O)c(C(=O)Nc2nnc(CC)s2)c(O)c2ccccc21. The van der Waals surface area contributed by atoms with Crippen LogP contribution >= 0.6 is 11.3 Å². The van der Waals surface area contributed by atoms with Crippen molar-refractivity contribution in [3.8, 4) is 5.75 Å². The van der Waals surface area contributed by atoms with Crippen molar-refractivity contribution >= 4 is 33.3 Å². The first kappa shape index (κ1) is 19.0. The second kappa shape index (κ2) is 8.30. The Bertz CT molecular complexity index is 1030. The van der Waals surface area contributed by atoms with Crippen LogP contribution in [0.2, 0.25) is 0 Å². The minimum atomic E-state index is -0.675. The Kier molecular flexibility index (Phi) is 5.85. The quantitative estimate of drug-likeness (QED) is 0.605. The highest BCUT2D eigenvalue weighted by molar-refractivity contribution is 7.15. The van der Waals surface area contributed by atoms with E-state index in [1.54, 1.807) is 22.8 Å². The summed E-state index contributed by atoms with van der Waals surface area (Å²) in [6.07, 6.45) is 3.53. The maximum Gasteiger partial charge on any atom is 0.267 e. The molecular weight excluding hydrogens is 364 g/mol. The van der Waals surface area contributed by atoms with Gasteiger partial charge in [-0.3, -0.25) is 14.9 Å². The molecule has 0 saturated heterocycles. The number of aromatic hydroxyl groups is 1. The van der Waals surface area contributed by atoms with E-state index in [2.05, 4.69) is 22.4 Å². The summed E-state index contributed by atoms with van der Waals surface area (Å²) < 4.78 is 1.57. The number of unbranched alkanes of at least 4 members (excludes halogenated alkanes) is 2. The van der Waals surface area contributed by atoms with Crippen molar-refractivity contribution in [1.82, 2.24) is 14.8 Å². The smallest absolute Gasteiger partial charge is 0.267 e. The molecule has 27 heavy (non-hydrogen) atoms. The van der Waals surface area contributed by atoms with Gasteiger partial charge in [0.15, 0.2) is 0 Å². The number of fused-ring (bicyclic) bond motifs is 1. The van der Waals surface area contributed by atoms with Crippen molar-refractivity contribution in [2.75, 3.05) is 5.32 Å². The fraction of sp³-hybridized carbons (Fsp3) is 0.368. The molecule has 0 aliphatic heterocycles. The van der Waals surface area contributed by atoms with Crippen LogP contribution in [0.1, 0.15) is 48.5 Å². The number of amides is 1. The van der Waals surface area contributed by atoms with Crippen molar-refractivity contribution in [1.29, 1.82) is 0 Å². The lowest BCUT2D eigenvalue weighted by Gasteiger charge is -2.14. The van der Waals surface area contributed by atoms with Crippen LogP contribution in [0.15, 0.2) is 29.1 Å². The minimum Gasteiger partial charge on any atom is -0.506 e. The molecule has 1 amide bonds. The molecule has 2 N–H and O–H groups in total. The molecule has 0 saturated carbocycles. The van der Waals surface area contributed by atoms with Gasteiger partial charge in [-0.1, -0.05) is 50.2 Å². The van der Waals surface area contributed by atoms with Gasteiger partial charge in [0.1, 0.15) is 16.3 Å². The van der Waals surface area contributed by atoms with Gasteiger partial charge in [0.05, 0.1) is 5.52 Å². The van der Waals surface area contributed by atoms with Crippen molar-refractivity contribution in [3.63, 3.8) is 0 Å². The first-order valence-corrected chi connectivity index (χ1v) is 9.86. The molecule has 0 unspecified atom stereocenters. The normalized spacial score (nSPS) is 11.0. The Labute approximate surface area is 160 Å². The lowest BCUT2D eigenvalue weighted by atomic mass is 10.1. The van der Waals surface area contributed by atoms with E-state index in [1.807, 2.05) is 13.0 Å². The minimum absolute atomic E-state index is 0.265. The van der Waals surface area contributed by atoms with E-state index in [0.29, 0.717) is 29.0 Å². The number of carbonyl (C=O) groups is 1. The highest BCUT2D eigenvalue weighted by Gasteiger charge is 2.23. The number of benzene rings is 1. The number of hydrogen-bond donors (Lipinski definition) is 2. The summed E-state index contributed by atoms with van der Waals surface area (Å²) in [5.41, 5.74) is -0.143.